The van der Waals surface area contributed by atoms with Crippen molar-refractivity contribution in [3.05, 3.63) is 53.1 Å². The average molecular weight is 224 g/mol. The van der Waals surface area contributed by atoms with Gasteiger partial charge in [-0.25, -0.2) is 0 Å². The monoisotopic (exact) mass is 224 g/mol. The molecule has 17 heavy (non-hydrogen) atoms. The van der Waals surface area contributed by atoms with Gasteiger partial charge in [0.2, 0.25) is 0 Å². The van der Waals surface area contributed by atoms with Crippen LogP contribution >= 0.6 is 0 Å². The van der Waals surface area contributed by atoms with Crippen LogP contribution in [0.3, 0.4) is 0 Å². The van der Waals surface area contributed by atoms with Gasteiger partial charge in [0.1, 0.15) is 0 Å². The largest absolute Gasteiger partial charge is 0.366 e. The number of hydrogen-bond acceptors (Lipinski definition) is 2. The minimum Gasteiger partial charge on any atom is -0.366 e. The number of para-hydroxylation sites is 1. The Morgan fingerprint density at radius 3 is 3.29 bits per heavy atom. The fourth-order valence-corrected chi connectivity index (χ4v) is 3.29. The van der Waals surface area contributed by atoms with Gasteiger partial charge in [0.05, 0.1) is 0 Å². The normalized spacial score (nSPS) is 25.1. The van der Waals surface area contributed by atoms with Gasteiger partial charge in [0.15, 0.2) is 0 Å². The molecule has 1 unspecified atom stereocenters. The summed E-state index contributed by atoms with van der Waals surface area (Å²) < 4.78 is 0. The van der Waals surface area contributed by atoms with E-state index in [4.69, 9.17) is 0 Å². The zero-order valence-corrected chi connectivity index (χ0v) is 9.82. The topological polar surface area (TPSA) is 15.3 Å². The van der Waals surface area contributed by atoms with Crippen LogP contribution in [0.2, 0.25) is 0 Å². The summed E-state index contributed by atoms with van der Waals surface area (Å²) in [6.07, 6.45) is 6.84. The molecule has 2 nitrogen and oxygen atoms in total. The van der Waals surface area contributed by atoms with Crippen LogP contribution in [0.15, 0.2) is 42.0 Å². The predicted molar refractivity (Wildman–Crippen MR) is 70.3 cm³/mol. The highest BCUT2D eigenvalue weighted by atomic mass is 15.2. The molecule has 0 spiro atoms. The molecule has 1 N–H and O–H groups in total. The van der Waals surface area contributed by atoms with E-state index in [0.29, 0.717) is 5.92 Å². The van der Waals surface area contributed by atoms with E-state index in [-0.39, 0.29) is 0 Å². The van der Waals surface area contributed by atoms with E-state index >= 15 is 0 Å². The number of allylic oxidation sites excluding steroid dienone is 3. The molecule has 0 fully saturated rings. The van der Waals surface area contributed by atoms with Gasteiger partial charge in [-0.3, -0.25) is 0 Å². The summed E-state index contributed by atoms with van der Waals surface area (Å²) in [5.41, 5.74) is 6.00. The molecule has 0 radical (unpaired) electrons. The maximum atomic E-state index is 3.51. The predicted octanol–water partition coefficient (Wildman–Crippen LogP) is 2.19. The average Bonchev–Trinajstić information content (AvgIpc) is 2.73. The summed E-state index contributed by atoms with van der Waals surface area (Å²) in [5.74, 6) is 0.541. The Morgan fingerprint density at radius 2 is 2.29 bits per heavy atom. The first-order valence-electron chi connectivity index (χ1n) is 6.38. The van der Waals surface area contributed by atoms with Gasteiger partial charge in [-0.15, -0.1) is 0 Å². The standard InChI is InChI=1S/C15H16N2/c1-3-11-9-16-7-8-17-10-12-4-2-5-13(12)14(6-1)15(11)17/h1-6,13,16H,7-10H2. The third kappa shape index (κ3) is 1.31. The Kier molecular flexibility index (Phi) is 1.94. The van der Waals surface area contributed by atoms with Crippen molar-refractivity contribution in [3.8, 4) is 0 Å². The second-order valence-corrected chi connectivity index (χ2v) is 5.06. The molecule has 2 heteroatoms. The molecule has 0 amide bonds. The molecule has 1 aromatic carbocycles. The van der Waals surface area contributed by atoms with Crippen molar-refractivity contribution >= 4 is 5.69 Å². The molecule has 86 valence electrons. The van der Waals surface area contributed by atoms with Crippen molar-refractivity contribution in [1.82, 2.24) is 5.32 Å². The van der Waals surface area contributed by atoms with Crippen molar-refractivity contribution in [2.75, 3.05) is 24.5 Å². The Bertz CT molecular complexity index is 528. The minimum absolute atomic E-state index is 0.541. The van der Waals surface area contributed by atoms with E-state index in [9.17, 15) is 0 Å². The summed E-state index contributed by atoms with van der Waals surface area (Å²) in [4.78, 5) is 2.54. The molecule has 0 aromatic heterocycles. The number of benzene rings is 1. The first-order chi connectivity index (χ1) is 8.43. The van der Waals surface area contributed by atoms with Crippen molar-refractivity contribution in [1.29, 1.82) is 0 Å². The van der Waals surface area contributed by atoms with Gasteiger partial charge in [-0.1, -0.05) is 36.4 Å². The molecule has 3 aliphatic rings. The van der Waals surface area contributed by atoms with Crippen molar-refractivity contribution in [2.24, 2.45) is 0 Å². The quantitative estimate of drug-likeness (QED) is 0.726. The van der Waals surface area contributed by atoms with E-state index in [1.807, 2.05) is 0 Å². The van der Waals surface area contributed by atoms with Gasteiger partial charge in [0, 0.05) is 37.8 Å². The first-order valence-corrected chi connectivity index (χ1v) is 6.38. The molecule has 1 aliphatic carbocycles. The highest BCUT2D eigenvalue weighted by Crippen LogP contribution is 2.43. The first kappa shape index (κ1) is 9.49. The SMILES string of the molecule is C1=CC2C(=C1)CN1CCNCc3cccc2c31. The van der Waals surface area contributed by atoms with E-state index < -0.39 is 0 Å². The van der Waals surface area contributed by atoms with Gasteiger partial charge in [0.25, 0.3) is 0 Å². The molecule has 1 aromatic rings. The van der Waals surface area contributed by atoms with Crippen molar-refractivity contribution in [2.45, 2.75) is 12.5 Å². The lowest BCUT2D eigenvalue weighted by Gasteiger charge is -2.35. The number of hydrogen-bond donors (Lipinski definition) is 1. The molecule has 2 heterocycles. The lowest BCUT2D eigenvalue weighted by Crippen LogP contribution is -2.35. The maximum absolute atomic E-state index is 3.51. The number of rotatable bonds is 0. The Balaban J connectivity index is 1.95. The van der Waals surface area contributed by atoms with E-state index in [1.165, 1.54) is 16.8 Å². The van der Waals surface area contributed by atoms with Crippen molar-refractivity contribution < 1.29 is 0 Å². The maximum Gasteiger partial charge on any atom is 0.0457 e. The Hall–Kier alpha value is -1.54. The van der Waals surface area contributed by atoms with Crippen LogP contribution in [0.4, 0.5) is 5.69 Å². The smallest absolute Gasteiger partial charge is 0.0457 e. The zero-order chi connectivity index (χ0) is 11.2. The molecule has 0 saturated carbocycles. The zero-order valence-electron chi connectivity index (χ0n) is 9.82. The minimum atomic E-state index is 0.541. The van der Waals surface area contributed by atoms with E-state index in [0.717, 1.165) is 26.2 Å². The Labute approximate surface area is 102 Å². The summed E-state index contributed by atoms with van der Waals surface area (Å²) in [7, 11) is 0. The van der Waals surface area contributed by atoms with Crippen LogP contribution in [-0.4, -0.2) is 19.6 Å². The lowest BCUT2D eigenvalue weighted by atomic mass is 9.86. The number of nitrogens with one attached hydrogen (secondary N) is 1. The highest BCUT2D eigenvalue weighted by Gasteiger charge is 2.31. The molecule has 4 rings (SSSR count). The molecule has 2 aliphatic heterocycles. The second kappa shape index (κ2) is 3.47. The Morgan fingerprint density at radius 1 is 1.29 bits per heavy atom. The molecule has 0 bridgehead atoms. The van der Waals surface area contributed by atoms with Gasteiger partial charge in [-0.05, 0) is 16.7 Å². The molecule has 1 atom stereocenters. The third-order valence-corrected chi connectivity index (χ3v) is 4.06. The fraction of sp³-hybridized carbons (Fsp3) is 0.333. The van der Waals surface area contributed by atoms with Crippen molar-refractivity contribution in [3.63, 3.8) is 0 Å². The number of fused-ring (bicyclic) bond motifs is 2. The molecular formula is C15H16N2. The van der Waals surface area contributed by atoms with Gasteiger partial charge >= 0.3 is 0 Å². The summed E-state index contributed by atoms with van der Waals surface area (Å²) in [5, 5.41) is 3.51. The lowest BCUT2D eigenvalue weighted by molar-refractivity contribution is 0.690. The summed E-state index contributed by atoms with van der Waals surface area (Å²) in [6.45, 7) is 4.31. The van der Waals surface area contributed by atoms with E-state index in [1.54, 1.807) is 5.57 Å². The number of anilines is 1. The van der Waals surface area contributed by atoms with Crippen LogP contribution in [-0.2, 0) is 6.54 Å². The third-order valence-electron chi connectivity index (χ3n) is 4.06. The fourth-order valence-electron chi connectivity index (χ4n) is 3.29. The van der Waals surface area contributed by atoms with Crippen LogP contribution in [0.5, 0.6) is 0 Å². The van der Waals surface area contributed by atoms with Gasteiger partial charge in [-0.2, -0.15) is 0 Å². The van der Waals surface area contributed by atoms with Crippen LogP contribution < -0.4 is 10.2 Å². The van der Waals surface area contributed by atoms with Crippen LogP contribution in [0.25, 0.3) is 0 Å². The second-order valence-electron chi connectivity index (χ2n) is 5.06. The molecule has 0 saturated heterocycles. The number of nitrogens with zero attached hydrogens (tertiary/aromatic N) is 1. The highest BCUT2D eigenvalue weighted by molar-refractivity contribution is 5.68. The van der Waals surface area contributed by atoms with Crippen LogP contribution in [0.1, 0.15) is 17.0 Å². The molecular weight excluding hydrogens is 208 g/mol. The summed E-state index contributed by atoms with van der Waals surface area (Å²) in [6, 6.07) is 6.76. The summed E-state index contributed by atoms with van der Waals surface area (Å²) >= 11 is 0. The van der Waals surface area contributed by atoms with E-state index in [2.05, 4.69) is 46.6 Å². The van der Waals surface area contributed by atoms with Gasteiger partial charge < -0.3 is 10.2 Å². The van der Waals surface area contributed by atoms with Crippen LogP contribution in [0, 0.1) is 0 Å².